The number of hydrogen-bond acceptors (Lipinski definition) is 3. The summed E-state index contributed by atoms with van der Waals surface area (Å²) in [5, 5.41) is 0. The van der Waals surface area contributed by atoms with Crippen LogP contribution in [0.2, 0.25) is 0 Å². The zero-order valence-electron chi connectivity index (χ0n) is 11.3. The monoisotopic (exact) mass is 242 g/mol. The summed E-state index contributed by atoms with van der Waals surface area (Å²) in [6.45, 7) is 8.46. The van der Waals surface area contributed by atoms with Crippen molar-refractivity contribution in [1.82, 2.24) is 9.97 Å². The van der Waals surface area contributed by atoms with E-state index in [4.69, 9.17) is 4.74 Å². The Morgan fingerprint density at radius 2 is 1.67 bits per heavy atom. The molecule has 0 N–H and O–H groups in total. The van der Waals surface area contributed by atoms with Crippen molar-refractivity contribution in [3.05, 3.63) is 47.9 Å². The second kappa shape index (κ2) is 4.77. The van der Waals surface area contributed by atoms with Gasteiger partial charge in [-0.1, -0.05) is 32.9 Å². The van der Waals surface area contributed by atoms with Gasteiger partial charge in [-0.05, 0) is 30.0 Å². The fourth-order valence-electron chi connectivity index (χ4n) is 1.63. The largest absolute Gasteiger partial charge is 0.437 e. The molecular weight excluding hydrogens is 224 g/mol. The van der Waals surface area contributed by atoms with Crippen molar-refractivity contribution >= 4 is 0 Å². The third kappa shape index (κ3) is 3.06. The fourth-order valence-corrected chi connectivity index (χ4v) is 1.63. The van der Waals surface area contributed by atoms with E-state index >= 15 is 0 Å². The number of hydrogen-bond donors (Lipinski definition) is 0. The SMILES string of the molecule is Cc1cncc(Oc2ccc(C(C)(C)C)cc2)n1. The first-order valence-electron chi connectivity index (χ1n) is 6.02. The molecule has 0 unspecified atom stereocenters. The zero-order chi connectivity index (χ0) is 13.2. The summed E-state index contributed by atoms with van der Waals surface area (Å²) in [5.74, 6) is 1.31. The van der Waals surface area contributed by atoms with Crippen molar-refractivity contribution in [2.45, 2.75) is 33.1 Å². The Bertz CT molecular complexity index is 527. The molecule has 0 saturated heterocycles. The van der Waals surface area contributed by atoms with Crippen LogP contribution in [0.3, 0.4) is 0 Å². The van der Waals surface area contributed by atoms with Gasteiger partial charge in [-0.2, -0.15) is 0 Å². The first-order valence-corrected chi connectivity index (χ1v) is 6.02. The highest BCUT2D eigenvalue weighted by Gasteiger charge is 2.13. The summed E-state index contributed by atoms with van der Waals surface area (Å²) in [7, 11) is 0. The molecular formula is C15H18N2O. The zero-order valence-corrected chi connectivity index (χ0v) is 11.3. The van der Waals surface area contributed by atoms with E-state index in [1.165, 1.54) is 5.56 Å². The van der Waals surface area contributed by atoms with Crippen LogP contribution in [0.5, 0.6) is 11.6 Å². The summed E-state index contributed by atoms with van der Waals surface area (Å²) >= 11 is 0. The van der Waals surface area contributed by atoms with E-state index in [1.807, 2.05) is 19.1 Å². The Kier molecular flexibility index (Phi) is 3.32. The number of nitrogens with zero attached hydrogens (tertiary/aromatic N) is 2. The minimum Gasteiger partial charge on any atom is -0.437 e. The molecule has 1 aromatic heterocycles. The molecule has 1 aromatic carbocycles. The molecule has 0 bridgehead atoms. The van der Waals surface area contributed by atoms with Crippen LogP contribution in [0, 0.1) is 6.92 Å². The van der Waals surface area contributed by atoms with Crippen molar-refractivity contribution in [2.24, 2.45) is 0 Å². The Balaban J connectivity index is 2.16. The molecule has 2 rings (SSSR count). The molecule has 3 nitrogen and oxygen atoms in total. The molecule has 0 radical (unpaired) electrons. The van der Waals surface area contributed by atoms with Gasteiger partial charge in [0.15, 0.2) is 0 Å². The topological polar surface area (TPSA) is 35.0 Å². The minimum absolute atomic E-state index is 0.154. The van der Waals surface area contributed by atoms with Crippen LogP contribution in [0.4, 0.5) is 0 Å². The van der Waals surface area contributed by atoms with Crippen LogP contribution in [-0.2, 0) is 5.41 Å². The lowest BCUT2D eigenvalue weighted by Crippen LogP contribution is -2.10. The number of benzene rings is 1. The van der Waals surface area contributed by atoms with Gasteiger partial charge >= 0.3 is 0 Å². The van der Waals surface area contributed by atoms with E-state index < -0.39 is 0 Å². The van der Waals surface area contributed by atoms with E-state index in [9.17, 15) is 0 Å². The predicted octanol–water partition coefficient (Wildman–Crippen LogP) is 3.87. The van der Waals surface area contributed by atoms with Crippen molar-refractivity contribution < 1.29 is 4.74 Å². The molecule has 1 heterocycles. The van der Waals surface area contributed by atoms with E-state index in [0.717, 1.165) is 11.4 Å². The van der Waals surface area contributed by atoms with Gasteiger partial charge in [0.1, 0.15) is 5.75 Å². The van der Waals surface area contributed by atoms with Crippen LogP contribution in [0.15, 0.2) is 36.7 Å². The summed E-state index contributed by atoms with van der Waals surface area (Å²) in [6.07, 6.45) is 3.32. The van der Waals surface area contributed by atoms with Gasteiger partial charge in [0, 0.05) is 6.20 Å². The van der Waals surface area contributed by atoms with Crippen molar-refractivity contribution in [1.29, 1.82) is 0 Å². The molecule has 18 heavy (non-hydrogen) atoms. The fraction of sp³-hybridized carbons (Fsp3) is 0.333. The van der Waals surface area contributed by atoms with Gasteiger partial charge in [0.05, 0.1) is 11.9 Å². The van der Waals surface area contributed by atoms with Crippen LogP contribution in [0.1, 0.15) is 32.0 Å². The van der Waals surface area contributed by atoms with Crippen molar-refractivity contribution in [3.63, 3.8) is 0 Å². The average Bonchev–Trinajstić information content (AvgIpc) is 2.28. The minimum atomic E-state index is 0.154. The summed E-state index contributed by atoms with van der Waals surface area (Å²) in [5.41, 5.74) is 2.28. The maximum atomic E-state index is 5.65. The smallest absolute Gasteiger partial charge is 0.238 e. The third-order valence-electron chi connectivity index (χ3n) is 2.68. The normalized spacial score (nSPS) is 11.3. The van der Waals surface area contributed by atoms with Crippen molar-refractivity contribution in [2.75, 3.05) is 0 Å². The molecule has 0 aliphatic carbocycles. The Labute approximate surface area is 108 Å². The molecule has 94 valence electrons. The second-order valence-electron chi connectivity index (χ2n) is 5.38. The maximum absolute atomic E-state index is 5.65. The van der Waals surface area contributed by atoms with Crippen molar-refractivity contribution in [3.8, 4) is 11.6 Å². The van der Waals surface area contributed by atoms with Crippen LogP contribution in [-0.4, -0.2) is 9.97 Å². The van der Waals surface area contributed by atoms with Gasteiger partial charge in [0.25, 0.3) is 0 Å². The van der Waals surface area contributed by atoms with Gasteiger partial charge in [-0.3, -0.25) is 4.98 Å². The maximum Gasteiger partial charge on any atom is 0.238 e. The molecule has 0 fully saturated rings. The van der Waals surface area contributed by atoms with Gasteiger partial charge in [-0.25, -0.2) is 4.98 Å². The lowest BCUT2D eigenvalue weighted by Gasteiger charge is -2.19. The van der Waals surface area contributed by atoms with E-state index in [0.29, 0.717) is 5.88 Å². The van der Waals surface area contributed by atoms with E-state index in [2.05, 4.69) is 42.9 Å². The summed E-state index contributed by atoms with van der Waals surface area (Å²) in [4.78, 5) is 8.30. The molecule has 3 heteroatoms. The lowest BCUT2D eigenvalue weighted by molar-refractivity contribution is 0.458. The highest BCUT2D eigenvalue weighted by atomic mass is 16.5. The standard InChI is InChI=1S/C15H18N2O/c1-11-9-16-10-14(17-11)18-13-7-5-12(6-8-13)15(2,3)4/h5-10H,1-4H3. The Morgan fingerprint density at radius 1 is 1.00 bits per heavy atom. The number of ether oxygens (including phenoxy) is 1. The highest BCUT2D eigenvalue weighted by molar-refractivity contribution is 5.33. The first kappa shape index (κ1) is 12.6. The summed E-state index contributed by atoms with van der Waals surface area (Å²) < 4.78 is 5.65. The molecule has 0 saturated carbocycles. The molecule has 0 amide bonds. The highest BCUT2D eigenvalue weighted by Crippen LogP contribution is 2.26. The Hall–Kier alpha value is -1.90. The molecule has 0 atom stereocenters. The van der Waals surface area contributed by atoms with Gasteiger partial charge in [-0.15, -0.1) is 0 Å². The Morgan fingerprint density at radius 3 is 2.22 bits per heavy atom. The second-order valence-corrected chi connectivity index (χ2v) is 5.38. The molecule has 0 aliphatic heterocycles. The molecule has 2 aromatic rings. The van der Waals surface area contributed by atoms with Gasteiger partial charge in [0.2, 0.25) is 5.88 Å². The molecule has 0 aliphatic rings. The quantitative estimate of drug-likeness (QED) is 0.801. The van der Waals surface area contributed by atoms with Crippen LogP contribution < -0.4 is 4.74 Å². The number of aryl methyl sites for hydroxylation is 1. The average molecular weight is 242 g/mol. The predicted molar refractivity (Wildman–Crippen MR) is 72.0 cm³/mol. The van der Waals surface area contributed by atoms with E-state index in [1.54, 1.807) is 12.4 Å². The van der Waals surface area contributed by atoms with E-state index in [-0.39, 0.29) is 5.41 Å². The third-order valence-corrected chi connectivity index (χ3v) is 2.68. The van der Waals surface area contributed by atoms with Gasteiger partial charge < -0.3 is 4.74 Å². The first-order chi connectivity index (χ1) is 8.45. The van der Waals surface area contributed by atoms with Crippen LogP contribution in [0.25, 0.3) is 0 Å². The van der Waals surface area contributed by atoms with Crippen LogP contribution >= 0.6 is 0 Å². The number of aromatic nitrogens is 2. The lowest BCUT2D eigenvalue weighted by atomic mass is 9.87. The number of rotatable bonds is 2. The summed E-state index contributed by atoms with van der Waals surface area (Å²) in [6, 6.07) is 8.09. The molecule has 0 spiro atoms.